The van der Waals surface area contributed by atoms with Crippen molar-refractivity contribution in [2.24, 2.45) is 0 Å². The largest absolute Gasteiger partial charge is 0.348 e. The zero-order valence-electron chi connectivity index (χ0n) is 18.3. The SMILES string of the molecule is CC(NC(=O)CN1C(=O)NC(C)(c2ccc(F)cc2)C1=O)c1ccc(-c2ccccc2)cc1. The van der Waals surface area contributed by atoms with Crippen LogP contribution in [-0.4, -0.2) is 29.3 Å². The van der Waals surface area contributed by atoms with Crippen LogP contribution in [0, 0.1) is 5.82 Å². The zero-order chi connectivity index (χ0) is 23.6. The van der Waals surface area contributed by atoms with Crippen LogP contribution in [-0.2, 0) is 15.1 Å². The third-order valence-corrected chi connectivity index (χ3v) is 5.89. The second-order valence-corrected chi connectivity index (χ2v) is 8.23. The molecule has 0 aliphatic carbocycles. The summed E-state index contributed by atoms with van der Waals surface area (Å²) in [6.07, 6.45) is 0. The normalized spacial score (nSPS) is 18.7. The Morgan fingerprint density at radius 2 is 1.58 bits per heavy atom. The van der Waals surface area contributed by atoms with Crippen molar-refractivity contribution >= 4 is 17.8 Å². The monoisotopic (exact) mass is 445 g/mol. The quantitative estimate of drug-likeness (QED) is 0.560. The maximum absolute atomic E-state index is 13.3. The first-order valence-corrected chi connectivity index (χ1v) is 10.6. The molecule has 0 saturated carbocycles. The van der Waals surface area contributed by atoms with E-state index in [-0.39, 0.29) is 6.04 Å². The standard InChI is InChI=1S/C26H24FN3O3/c1-17(18-8-10-20(11-9-18)19-6-4-3-5-7-19)28-23(31)16-30-24(32)26(2,29-25(30)33)21-12-14-22(27)15-13-21/h3-15,17H,16H2,1-2H3,(H,28,31)(H,29,33). The van der Waals surface area contributed by atoms with Crippen LogP contribution in [0.25, 0.3) is 11.1 Å². The summed E-state index contributed by atoms with van der Waals surface area (Å²) in [7, 11) is 0. The number of nitrogens with zero attached hydrogens (tertiary/aromatic N) is 1. The Morgan fingerprint density at radius 1 is 0.970 bits per heavy atom. The van der Waals surface area contributed by atoms with E-state index in [2.05, 4.69) is 10.6 Å². The fourth-order valence-corrected chi connectivity index (χ4v) is 3.93. The molecular formula is C26H24FN3O3. The predicted molar refractivity (Wildman–Crippen MR) is 122 cm³/mol. The summed E-state index contributed by atoms with van der Waals surface area (Å²) in [6, 6.07) is 22.2. The van der Waals surface area contributed by atoms with E-state index in [9.17, 15) is 18.8 Å². The minimum Gasteiger partial charge on any atom is -0.348 e. The first-order valence-electron chi connectivity index (χ1n) is 10.6. The highest BCUT2D eigenvalue weighted by molar-refractivity contribution is 6.09. The summed E-state index contributed by atoms with van der Waals surface area (Å²) in [5.74, 6) is -1.46. The van der Waals surface area contributed by atoms with Crippen molar-refractivity contribution in [3.8, 4) is 11.1 Å². The van der Waals surface area contributed by atoms with Crippen molar-refractivity contribution in [3.63, 3.8) is 0 Å². The van der Waals surface area contributed by atoms with Gasteiger partial charge in [-0.05, 0) is 48.2 Å². The molecule has 2 atom stereocenters. The molecule has 0 aromatic heterocycles. The van der Waals surface area contributed by atoms with Gasteiger partial charge in [0.05, 0.1) is 6.04 Å². The Morgan fingerprint density at radius 3 is 2.21 bits per heavy atom. The molecule has 1 aliphatic rings. The van der Waals surface area contributed by atoms with Crippen LogP contribution in [0.15, 0.2) is 78.9 Å². The minimum absolute atomic E-state index is 0.313. The summed E-state index contributed by atoms with van der Waals surface area (Å²) >= 11 is 0. The van der Waals surface area contributed by atoms with Gasteiger partial charge in [0.25, 0.3) is 5.91 Å². The number of carbonyl (C=O) groups excluding carboxylic acids is 3. The van der Waals surface area contributed by atoms with Gasteiger partial charge in [-0.2, -0.15) is 0 Å². The smallest absolute Gasteiger partial charge is 0.325 e. The van der Waals surface area contributed by atoms with Crippen molar-refractivity contribution < 1.29 is 18.8 Å². The molecule has 4 rings (SSSR count). The number of rotatable bonds is 6. The van der Waals surface area contributed by atoms with Gasteiger partial charge in [0.15, 0.2) is 0 Å². The highest BCUT2D eigenvalue weighted by atomic mass is 19.1. The van der Waals surface area contributed by atoms with E-state index in [1.54, 1.807) is 0 Å². The maximum atomic E-state index is 13.3. The van der Waals surface area contributed by atoms with E-state index in [1.165, 1.54) is 31.2 Å². The lowest BCUT2D eigenvalue weighted by Crippen LogP contribution is -2.43. The minimum atomic E-state index is -1.36. The van der Waals surface area contributed by atoms with Gasteiger partial charge in [0, 0.05) is 0 Å². The number of imide groups is 1. The van der Waals surface area contributed by atoms with Gasteiger partial charge < -0.3 is 10.6 Å². The molecule has 6 nitrogen and oxygen atoms in total. The topological polar surface area (TPSA) is 78.5 Å². The van der Waals surface area contributed by atoms with E-state index in [4.69, 9.17) is 0 Å². The fraction of sp³-hybridized carbons (Fsp3) is 0.192. The number of halogens is 1. The second kappa shape index (κ2) is 8.86. The van der Waals surface area contributed by atoms with E-state index in [1.807, 2.05) is 61.5 Å². The molecule has 1 heterocycles. The van der Waals surface area contributed by atoms with Crippen LogP contribution >= 0.6 is 0 Å². The molecule has 0 radical (unpaired) electrons. The number of benzene rings is 3. The highest BCUT2D eigenvalue weighted by Gasteiger charge is 2.49. The zero-order valence-corrected chi connectivity index (χ0v) is 18.3. The lowest BCUT2D eigenvalue weighted by molar-refractivity contribution is -0.135. The summed E-state index contributed by atoms with van der Waals surface area (Å²) in [4.78, 5) is 38.9. The van der Waals surface area contributed by atoms with Gasteiger partial charge in [0.2, 0.25) is 5.91 Å². The summed E-state index contributed by atoms with van der Waals surface area (Å²) < 4.78 is 13.3. The molecule has 2 unspecified atom stereocenters. The van der Waals surface area contributed by atoms with Crippen LogP contribution in [0.2, 0.25) is 0 Å². The lowest BCUT2D eigenvalue weighted by Gasteiger charge is -2.22. The Balaban J connectivity index is 1.40. The van der Waals surface area contributed by atoms with Crippen molar-refractivity contribution in [1.29, 1.82) is 0 Å². The van der Waals surface area contributed by atoms with Crippen molar-refractivity contribution in [3.05, 3.63) is 95.8 Å². The van der Waals surface area contributed by atoms with Crippen LogP contribution in [0.3, 0.4) is 0 Å². The molecular weight excluding hydrogens is 421 g/mol. The predicted octanol–water partition coefficient (Wildman–Crippen LogP) is 4.14. The molecule has 7 heteroatoms. The number of amides is 4. The van der Waals surface area contributed by atoms with Crippen molar-refractivity contribution in [2.75, 3.05) is 6.54 Å². The van der Waals surface area contributed by atoms with Crippen LogP contribution < -0.4 is 10.6 Å². The van der Waals surface area contributed by atoms with E-state index in [0.29, 0.717) is 5.56 Å². The van der Waals surface area contributed by atoms with Gasteiger partial charge in [-0.25, -0.2) is 9.18 Å². The van der Waals surface area contributed by atoms with Crippen LogP contribution in [0.5, 0.6) is 0 Å². The number of carbonyl (C=O) groups is 3. The second-order valence-electron chi connectivity index (χ2n) is 8.23. The van der Waals surface area contributed by atoms with Gasteiger partial charge >= 0.3 is 6.03 Å². The third-order valence-electron chi connectivity index (χ3n) is 5.89. The van der Waals surface area contributed by atoms with Crippen LogP contribution in [0.1, 0.15) is 31.0 Å². The molecule has 0 bridgehead atoms. The molecule has 33 heavy (non-hydrogen) atoms. The number of hydrogen-bond acceptors (Lipinski definition) is 3. The average molecular weight is 445 g/mol. The fourth-order valence-electron chi connectivity index (χ4n) is 3.93. The molecule has 3 aromatic carbocycles. The first kappa shape index (κ1) is 22.2. The van der Waals surface area contributed by atoms with Gasteiger partial charge in [-0.3, -0.25) is 14.5 Å². The Kier molecular flexibility index (Phi) is 5.96. The van der Waals surface area contributed by atoms with Crippen LogP contribution in [0.4, 0.5) is 9.18 Å². The molecule has 1 saturated heterocycles. The molecule has 2 N–H and O–H groups in total. The third kappa shape index (κ3) is 4.48. The molecule has 168 valence electrons. The van der Waals surface area contributed by atoms with Gasteiger partial charge in [0.1, 0.15) is 17.9 Å². The molecule has 1 aliphatic heterocycles. The lowest BCUT2D eigenvalue weighted by atomic mass is 9.92. The summed E-state index contributed by atoms with van der Waals surface area (Å²) in [5.41, 5.74) is 2.15. The summed E-state index contributed by atoms with van der Waals surface area (Å²) in [5, 5.41) is 5.45. The Hall–Kier alpha value is -4.00. The molecule has 0 spiro atoms. The maximum Gasteiger partial charge on any atom is 0.325 e. The van der Waals surface area contributed by atoms with Crippen molar-refractivity contribution in [1.82, 2.24) is 15.5 Å². The number of hydrogen-bond donors (Lipinski definition) is 2. The first-order chi connectivity index (χ1) is 15.8. The number of nitrogens with one attached hydrogen (secondary N) is 2. The highest BCUT2D eigenvalue weighted by Crippen LogP contribution is 2.29. The molecule has 3 aromatic rings. The Bertz CT molecular complexity index is 1180. The average Bonchev–Trinajstić information content (AvgIpc) is 3.04. The van der Waals surface area contributed by atoms with Crippen molar-refractivity contribution in [2.45, 2.75) is 25.4 Å². The van der Waals surface area contributed by atoms with E-state index >= 15 is 0 Å². The number of urea groups is 1. The molecule has 1 fully saturated rings. The van der Waals surface area contributed by atoms with Gasteiger partial charge in [-0.15, -0.1) is 0 Å². The molecule has 4 amide bonds. The summed E-state index contributed by atoms with van der Waals surface area (Å²) in [6.45, 7) is 2.97. The Labute approximate surface area is 191 Å². The van der Waals surface area contributed by atoms with E-state index < -0.39 is 35.7 Å². The van der Waals surface area contributed by atoms with Gasteiger partial charge in [-0.1, -0.05) is 66.7 Å². The van der Waals surface area contributed by atoms with E-state index in [0.717, 1.165) is 21.6 Å².